The van der Waals surface area contributed by atoms with Crippen molar-refractivity contribution >= 4 is 17.4 Å². The monoisotopic (exact) mass is 281 g/mol. The van der Waals surface area contributed by atoms with E-state index in [4.69, 9.17) is 0 Å². The number of hydrogen-bond donors (Lipinski definition) is 1. The van der Waals surface area contributed by atoms with Gasteiger partial charge in [0.05, 0.1) is 0 Å². The fraction of sp³-hybridized carbons (Fsp3) is 0.467. The van der Waals surface area contributed by atoms with Gasteiger partial charge in [-0.25, -0.2) is 8.78 Å². The first-order chi connectivity index (χ1) is 9.37. The Bertz CT molecular complexity index is 501. The minimum Gasteiger partial charge on any atom is -0.326 e. The fourth-order valence-corrected chi connectivity index (χ4v) is 2.33. The van der Waals surface area contributed by atoms with Crippen LogP contribution in [0.25, 0.3) is 0 Å². The molecule has 1 amide bonds. The predicted molar refractivity (Wildman–Crippen MR) is 72.0 cm³/mol. The first-order valence-corrected chi connectivity index (χ1v) is 6.67. The summed E-state index contributed by atoms with van der Waals surface area (Å²) in [6.07, 6.45) is -0.0303. The van der Waals surface area contributed by atoms with Crippen LogP contribution in [0.4, 0.5) is 14.5 Å². The fourth-order valence-electron chi connectivity index (χ4n) is 2.33. The predicted octanol–water partition coefficient (Wildman–Crippen LogP) is 3.65. The molecule has 2 rings (SSSR count). The third-order valence-electron chi connectivity index (χ3n) is 3.65. The van der Waals surface area contributed by atoms with Gasteiger partial charge in [-0.2, -0.15) is 0 Å². The molecule has 3 nitrogen and oxygen atoms in total. The lowest BCUT2D eigenvalue weighted by Gasteiger charge is -2.27. The first kappa shape index (κ1) is 14.6. The molecule has 20 heavy (non-hydrogen) atoms. The highest BCUT2D eigenvalue weighted by molar-refractivity contribution is 5.96. The summed E-state index contributed by atoms with van der Waals surface area (Å²) in [6.45, 7) is 1.47. The number of halogens is 2. The molecule has 0 aromatic heterocycles. The second-order valence-corrected chi connectivity index (χ2v) is 5.25. The molecular formula is C15H17F2NO2. The molecule has 0 bridgehead atoms. The highest BCUT2D eigenvalue weighted by atomic mass is 19.3. The van der Waals surface area contributed by atoms with E-state index >= 15 is 0 Å². The zero-order chi connectivity index (χ0) is 14.8. The molecular weight excluding hydrogens is 264 g/mol. The molecule has 5 heteroatoms. The lowest BCUT2D eigenvalue weighted by Crippen LogP contribution is -2.31. The highest BCUT2D eigenvalue weighted by Gasteiger charge is 2.37. The quantitative estimate of drug-likeness (QED) is 0.859. The van der Waals surface area contributed by atoms with Gasteiger partial charge in [0.25, 0.3) is 0 Å². The molecule has 0 atom stereocenters. The lowest BCUT2D eigenvalue weighted by atomic mass is 9.86. The van der Waals surface area contributed by atoms with E-state index < -0.39 is 5.92 Å². The maximum absolute atomic E-state index is 13.0. The van der Waals surface area contributed by atoms with Crippen LogP contribution in [0.3, 0.4) is 0 Å². The van der Waals surface area contributed by atoms with Crippen molar-refractivity contribution in [3.63, 3.8) is 0 Å². The van der Waals surface area contributed by atoms with E-state index in [1.165, 1.54) is 6.92 Å². The van der Waals surface area contributed by atoms with Gasteiger partial charge in [-0.15, -0.1) is 0 Å². The molecule has 1 fully saturated rings. The van der Waals surface area contributed by atoms with Crippen LogP contribution in [0.15, 0.2) is 24.3 Å². The van der Waals surface area contributed by atoms with Crippen molar-refractivity contribution in [2.45, 2.75) is 38.5 Å². The summed E-state index contributed by atoms with van der Waals surface area (Å²) in [5, 5.41) is 2.71. The molecule has 1 N–H and O–H groups in total. The van der Waals surface area contributed by atoms with Crippen molar-refractivity contribution in [2.24, 2.45) is 5.92 Å². The SMILES string of the molecule is CC(=O)c1ccc(NC(=O)C2CCC(F)(F)CC2)cc1. The van der Waals surface area contributed by atoms with Crippen molar-refractivity contribution in [3.8, 4) is 0 Å². The Morgan fingerprint density at radius 2 is 1.70 bits per heavy atom. The molecule has 1 saturated carbocycles. The zero-order valence-corrected chi connectivity index (χ0v) is 11.3. The molecule has 0 heterocycles. The number of carbonyl (C=O) groups is 2. The molecule has 1 aromatic carbocycles. The number of rotatable bonds is 3. The molecule has 0 radical (unpaired) electrons. The summed E-state index contributed by atoms with van der Waals surface area (Å²) in [5.41, 5.74) is 1.15. The molecule has 0 unspecified atom stereocenters. The van der Waals surface area contributed by atoms with Gasteiger partial charge in [-0.3, -0.25) is 9.59 Å². The average Bonchev–Trinajstić information content (AvgIpc) is 2.39. The minimum absolute atomic E-state index is 0.0441. The largest absolute Gasteiger partial charge is 0.326 e. The van der Waals surface area contributed by atoms with Gasteiger partial charge in [0.2, 0.25) is 11.8 Å². The number of alkyl halides is 2. The Morgan fingerprint density at radius 1 is 1.15 bits per heavy atom. The van der Waals surface area contributed by atoms with E-state index in [0.29, 0.717) is 11.3 Å². The van der Waals surface area contributed by atoms with E-state index in [9.17, 15) is 18.4 Å². The van der Waals surface area contributed by atoms with Gasteiger partial charge in [0.1, 0.15) is 0 Å². The number of carbonyl (C=O) groups excluding carboxylic acids is 2. The summed E-state index contributed by atoms with van der Waals surface area (Å²) < 4.78 is 26.0. The van der Waals surface area contributed by atoms with Gasteiger partial charge < -0.3 is 5.32 Å². The van der Waals surface area contributed by atoms with Crippen LogP contribution in [0.5, 0.6) is 0 Å². The summed E-state index contributed by atoms with van der Waals surface area (Å²) in [6, 6.07) is 6.55. The maximum Gasteiger partial charge on any atom is 0.248 e. The van der Waals surface area contributed by atoms with E-state index in [0.717, 1.165) is 0 Å². The Hall–Kier alpha value is -1.78. The maximum atomic E-state index is 13.0. The number of nitrogens with one attached hydrogen (secondary N) is 1. The summed E-state index contributed by atoms with van der Waals surface area (Å²) >= 11 is 0. The van der Waals surface area contributed by atoms with Crippen LogP contribution in [0.1, 0.15) is 43.0 Å². The number of benzene rings is 1. The summed E-state index contributed by atoms with van der Waals surface area (Å²) in [7, 11) is 0. The number of Topliss-reactive ketones (excluding diaryl/α,β-unsaturated/α-hetero) is 1. The summed E-state index contributed by atoms with van der Waals surface area (Å²) in [4.78, 5) is 23.1. The third-order valence-corrected chi connectivity index (χ3v) is 3.65. The van der Waals surface area contributed by atoms with Crippen LogP contribution < -0.4 is 5.32 Å². The second-order valence-electron chi connectivity index (χ2n) is 5.25. The molecule has 1 aliphatic rings. The standard InChI is InChI=1S/C15H17F2NO2/c1-10(19)11-2-4-13(5-3-11)18-14(20)12-6-8-15(16,17)9-7-12/h2-5,12H,6-9H2,1H3,(H,18,20). The van der Waals surface area contributed by atoms with E-state index in [-0.39, 0.29) is 43.3 Å². The van der Waals surface area contributed by atoms with Gasteiger partial charge in [0.15, 0.2) is 5.78 Å². The van der Waals surface area contributed by atoms with E-state index in [2.05, 4.69) is 5.32 Å². The van der Waals surface area contributed by atoms with E-state index in [1.807, 2.05) is 0 Å². The number of amides is 1. The lowest BCUT2D eigenvalue weighted by molar-refractivity contribution is -0.124. The number of anilines is 1. The van der Waals surface area contributed by atoms with Crippen molar-refractivity contribution in [1.29, 1.82) is 0 Å². The van der Waals surface area contributed by atoms with Crippen molar-refractivity contribution in [1.82, 2.24) is 0 Å². The molecule has 1 aromatic rings. The van der Waals surface area contributed by atoms with Crippen molar-refractivity contribution < 1.29 is 18.4 Å². The molecule has 0 aliphatic heterocycles. The van der Waals surface area contributed by atoms with Gasteiger partial charge in [-0.1, -0.05) is 0 Å². The molecule has 1 aliphatic carbocycles. The van der Waals surface area contributed by atoms with Crippen LogP contribution >= 0.6 is 0 Å². The highest BCUT2D eigenvalue weighted by Crippen LogP contribution is 2.36. The normalized spacial score (nSPS) is 18.6. The Morgan fingerprint density at radius 3 is 2.20 bits per heavy atom. The number of ketones is 1. The summed E-state index contributed by atoms with van der Waals surface area (Å²) in [5.74, 6) is -3.25. The average molecular weight is 281 g/mol. The van der Waals surface area contributed by atoms with Gasteiger partial charge in [-0.05, 0) is 44.0 Å². The first-order valence-electron chi connectivity index (χ1n) is 6.67. The molecule has 108 valence electrons. The number of hydrogen-bond acceptors (Lipinski definition) is 2. The smallest absolute Gasteiger partial charge is 0.248 e. The molecule has 0 spiro atoms. The zero-order valence-electron chi connectivity index (χ0n) is 11.3. The van der Waals surface area contributed by atoms with Crippen LogP contribution in [0, 0.1) is 5.92 Å². The Balaban J connectivity index is 1.93. The van der Waals surface area contributed by atoms with E-state index in [1.54, 1.807) is 24.3 Å². The van der Waals surface area contributed by atoms with Crippen LogP contribution in [-0.2, 0) is 4.79 Å². The van der Waals surface area contributed by atoms with Crippen molar-refractivity contribution in [3.05, 3.63) is 29.8 Å². The third kappa shape index (κ3) is 3.62. The van der Waals surface area contributed by atoms with Gasteiger partial charge >= 0.3 is 0 Å². The van der Waals surface area contributed by atoms with Crippen LogP contribution in [-0.4, -0.2) is 17.6 Å². The Kier molecular flexibility index (Phi) is 4.16. The van der Waals surface area contributed by atoms with Gasteiger partial charge in [0, 0.05) is 30.0 Å². The minimum atomic E-state index is -2.63. The topological polar surface area (TPSA) is 46.2 Å². The molecule has 0 saturated heterocycles. The van der Waals surface area contributed by atoms with Crippen molar-refractivity contribution in [2.75, 3.05) is 5.32 Å². The Labute approximate surface area is 116 Å². The van der Waals surface area contributed by atoms with Crippen LogP contribution in [0.2, 0.25) is 0 Å². The second kappa shape index (κ2) is 5.69.